The third-order valence-electron chi connectivity index (χ3n) is 3.70. The summed E-state index contributed by atoms with van der Waals surface area (Å²) in [6.45, 7) is 5.29. The predicted octanol–water partition coefficient (Wildman–Crippen LogP) is 2.29. The molecule has 2 aromatic rings. The predicted molar refractivity (Wildman–Crippen MR) is 86.3 cm³/mol. The summed E-state index contributed by atoms with van der Waals surface area (Å²) in [5.41, 5.74) is 0.575. The number of amides is 1. The van der Waals surface area contributed by atoms with Gasteiger partial charge in [0, 0.05) is 12.2 Å². The zero-order valence-corrected chi connectivity index (χ0v) is 13.7. The Morgan fingerprint density at radius 3 is 2.74 bits per heavy atom. The molecule has 7 heteroatoms. The third kappa shape index (κ3) is 4.59. The van der Waals surface area contributed by atoms with Crippen LogP contribution < -0.4 is 5.32 Å². The van der Waals surface area contributed by atoms with Gasteiger partial charge in [0.25, 0.3) is 0 Å². The molecule has 2 rings (SSSR count). The van der Waals surface area contributed by atoms with Crippen LogP contribution in [0.25, 0.3) is 0 Å². The smallest absolute Gasteiger partial charge is 0.241 e. The molecule has 1 N–H and O–H groups in total. The van der Waals surface area contributed by atoms with Crippen LogP contribution >= 0.6 is 0 Å². The van der Waals surface area contributed by atoms with Gasteiger partial charge in [-0.15, -0.1) is 10.2 Å². The number of carbonyl (C=O) groups excluding carboxylic acids is 1. The molecular weight excluding hydrogens is 297 g/mol. The Hall–Kier alpha value is -2.28. The van der Waals surface area contributed by atoms with E-state index in [1.165, 1.54) is 24.3 Å². The number of anilines is 1. The van der Waals surface area contributed by atoms with E-state index >= 15 is 0 Å². The average molecular weight is 319 g/mol. The van der Waals surface area contributed by atoms with Crippen LogP contribution in [0.4, 0.5) is 10.1 Å². The fourth-order valence-electron chi connectivity index (χ4n) is 2.17. The highest BCUT2D eigenvalue weighted by molar-refractivity contribution is 5.94. The number of halogens is 1. The topological polar surface area (TPSA) is 63.1 Å². The number of hydrogen-bond acceptors (Lipinski definition) is 4. The normalized spacial score (nSPS) is 12.4. The van der Waals surface area contributed by atoms with Crippen LogP contribution in [0.1, 0.15) is 26.1 Å². The van der Waals surface area contributed by atoms with Crippen molar-refractivity contribution in [2.24, 2.45) is 0 Å². The van der Waals surface area contributed by atoms with Crippen molar-refractivity contribution in [3.8, 4) is 0 Å². The van der Waals surface area contributed by atoms with Crippen molar-refractivity contribution in [3.05, 3.63) is 42.2 Å². The van der Waals surface area contributed by atoms with E-state index in [2.05, 4.69) is 22.4 Å². The number of likely N-dealkylation sites (N-methyl/N-ethyl adjacent to an activating group) is 1. The fourth-order valence-corrected chi connectivity index (χ4v) is 2.17. The first-order valence-corrected chi connectivity index (χ1v) is 7.64. The van der Waals surface area contributed by atoms with Gasteiger partial charge < -0.3 is 9.88 Å². The zero-order valence-electron chi connectivity index (χ0n) is 13.7. The molecular formula is C16H22FN5O. The van der Waals surface area contributed by atoms with Crippen molar-refractivity contribution in [3.63, 3.8) is 0 Å². The van der Waals surface area contributed by atoms with Gasteiger partial charge in [-0.1, -0.05) is 6.92 Å². The van der Waals surface area contributed by atoms with Gasteiger partial charge in [0.05, 0.1) is 12.6 Å². The highest BCUT2D eigenvalue weighted by Crippen LogP contribution is 2.11. The Morgan fingerprint density at radius 1 is 1.39 bits per heavy atom. The second kappa shape index (κ2) is 7.82. The van der Waals surface area contributed by atoms with E-state index in [1.807, 2.05) is 23.4 Å². The molecule has 1 amide bonds. The number of rotatable bonds is 7. The third-order valence-corrected chi connectivity index (χ3v) is 3.70. The molecule has 0 saturated carbocycles. The first-order chi connectivity index (χ1) is 11.0. The SMILES string of the molecule is CCCn1cnnc1CN(C)[C@@H](C)C(=O)Nc1ccc(F)cc1. The Bertz CT molecular complexity index is 640. The Balaban J connectivity index is 1.95. The molecule has 0 unspecified atom stereocenters. The summed E-state index contributed by atoms with van der Waals surface area (Å²) in [4.78, 5) is 14.2. The van der Waals surface area contributed by atoms with Crippen molar-refractivity contribution in [2.75, 3.05) is 12.4 Å². The van der Waals surface area contributed by atoms with Crippen LogP contribution in [-0.4, -0.2) is 38.7 Å². The first kappa shape index (κ1) is 17.1. The summed E-state index contributed by atoms with van der Waals surface area (Å²) in [5, 5.41) is 10.8. The molecule has 124 valence electrons. The van der Waals surface area contributed by atoms with Crippen molar-refractivity contribution in [2.45, 2.75) is 39.4 Å². The van der Waals surface area contributed by atoms with Gasteiger partial charge in [0.1, 0.15) is 18.0 Å². The largest absolute Gasteiger partial charge is 0.325 e. The van der Waals surface area contributed by atoms with Gasteiger partial charge in [-0.3, -0.25) is 9.69 Å². The van der Waals surface area contributed by atoms with Crippen molar-refractivity contribution in [1.29, 1.82) is 0 Å². The monoisotopic (exact) mass is 319 g/mol. The molecule has 0 fully saturated rings. The molecule has 6 nitrogen and oxygen atoms in total. The van der Waals surface area contributed by atoms with Crippen molar-refractivity contribution < 1.29 is 9.18 Å². The lowest BCUT2D eigenvalue weighted by molar-refractivity contribution is -0.120. The minimum absolute atomic E-state index is 0.152. The lowest BCUT2D eigenvalue weighted by atomic mass is 10.2. The van der Waals surface area contributed by atoms with E-state index < -0.39 is 0 Å². The number of nitrogens with one attached hydrogen (secondary N) is 1. The summed E-state index contributed by atoms with van der Waals surface area (Å²) >= 11 is 0. The summed E-state index contributed by atoms with van der Waals surface area (Å²) in [5.74, 6) is 0.347. The molecule has 0 saturated heterocycles. The maximum Gasteiger partial charge on any atom is 0.241 e. The van der Waals surface area contributed by atoms with Gasteiger partial charge in [0.2, 0.25) is 5.91 Å². The molecule has 1 aromatic carbocycles. The van der Waals surface area contributed by atoms with Crippen LogP contribution in [0.15, 0.2) is 30.6 Å². The second-order valence-corrected chi connectivity index (χ2v) is 5.53. The molecule has 0 aliphatic heterocycles. The average Bonchev–Trinajstić information content (AvgIpc) is 2.96. The maximum atomic E-state index is 12.9. The number of nitrogens with zero attached hydrogens (tertiary/aromatic N) is 4. The molecule has 1 atom stereocenters. The molecule has 23 heavy (non-hydrogen) atoms. The van der Waals surface area contributed by atoms with Crippen LogP contribution in [0.3, 0.4) is 0 Å². The van der Waals surface area contributed by atoms with Gasteiger partial charge in [-0.05, 0) is 44.7 Å². The van der Waals surface area contributed by atoms with Crippen molar-refractivity contribution in [1.82, 2.24) is 19.7 Å². The van der Waals surface area contributed by atoms with Crippen LogP contribution in [0, 0.1) is 5.82 Å². The number of aromatic nitrogens is 3. The lowest BCUT2D eigenvalue weighted by Gasteiger charge is -2.23. The van der Waals surface area contributed by atoms with Gasteiger partial charge in [-0.25, -0.2) is 4.39 Å². The standard InChI is InChI=1S/C16H22FN5O/c1-4-9-22-11-18-20-15(22)10-21(3)12(2)16(23)19-14-7-5-13(17)6-8-14/h5-8,11-12H,4,9-10H2,1-3H3,(H,19,23)/t12-/m0/s1. The zero-order chi connectivity index (χ0) is 16.8. The summed E-state index contributed by atoms with van der Waals surface area (Å²) in [6, 6.07) is 5.36. The van der Waals surface area contributed by atoms with Crippen molar-refractivity contribution >= 4 is 11.6 Å². The minimum atomic E-state index is -0.355. The van der Waals surface area contributed by atoms with Gasteiger partial charge in [0.15, 0.2) is 0 Å². The molecule has 0 bridgehead atoms. The lowest BCUT2D eigenvalue weighted by Crippen LogP contribution is -2.39. The van der Waals surface area contributed by atoms with E-state index in [1.54, 1.807) is 6.33 Å². The van der Waals surface area contributed by atoms with E-state index in [-0.39, 0.29) is 17.8 Å². The molecule has 1 aromatic heterocycles. The summed E-state index contributed by atoms with van der Waals surface area (Å²) in [7, 11) is 1.86. The maximum absolute atomic E-state index is 12.9. The molecule has 1 heterocycles. The van der Waals surface area contributed by atoms with Crippen LogP contribution in [0.5, 0.6) is 0 Å². The number of carbonyl (C=O) groups is 1. The quantitative estimate of drug-likeness (QED) is 0.850. The first-order valence-electron chi connectivity index (χ1n) is 7.64. The fraction of sp³-hybridized carbons (Fsp3) is 0.438. The molecule has 0 aliphatic rings. The number of hydrogen-bond donors (Lipinski definition) is 1. The molecule has 0 aliphatic carbocycles. The van der Waals surface area contributed by atoms with E-state index in [4.69, 9.17) is 0 Å². The Kier molecular flexibility index (Phi) is 5.81. The van der Waals surface area contributed by atoms with Gasteiger partial charge >= 0.3 is 0 Å². The van der Waals surface area contributed by atoms with Gasteiger partial charge in [-0.2, -0.15) is 0 Å². The highest BCUT2D eigenvalue weighted by Gasteiger charge is 2.20. The number of aryl methyl sites for hydroxylation is 1. The highest BCUT2D eigenvalue weighted by atomic mass is 19.1. The second-order valence-electron chi connectivity index (χ2n) is 5.53. The van der Waals surface area contributed by atoms with E-state index in [0.29, 0.717) is 12.2 Å². The Morgan fingerprint density at radius 2 is 2.09 bits per heavy atom. The molecule has 0 radical (unpaired) electrons. The van der Waals surface area contributed by atoms with E-state index in [9.17, 15) is 9.18 Å². The minimum Gasteiger partial charge on any atom is -0.325 e. The summed E-state index contributed by atoms with van der Waals surface area (Å²) < 4.78 is 14.9. The van der Waals surface area contributed by atoms with E-state index in [0.717, 1.165) is 18.8 Å². The number of benzene rings is 1. The molecule has 0 spiro atoms. The van der Waals surface area contributed by atoms with Crippen LogP contribution in [0.2, 0.25) is 0 Å². The van der Waals surface area contributed by atoms with Crippen LogP contribution in [-0.2, 0) is 17.9 Å². The summed E-state index contributed by atoms with van der Waals surface area (Å²) in [6.07, 6.45) is 2.70. The Labute approximate surface area is 135 Å².